The van der Waals surface area contributed by atoms with Crippen molar-refractivity contribution in [2.45, 2.75) is 31.9 Å². The van der Waals surface area contributed by atoms with Crippen molar-refractivity contribution in [2.75, 3.05) is 33.0 Å². The molecule has 0 spiro atoms. The van der Waals surface area contributed by atoms with Crippen molar-refractivity contribution >= 4 is 17.7 Å². The predicted molar refractivity (Wildman–Crippen MR) is 99.9 cm³/mol. The first-order valence-corrected chi connectivity index (χ1v) is 9.07. The first-order chi connectivity index (χ1) is 10.9. The van der Waals surface area contributed by atoms with Crippen molar-refractivity contribution in [3.05, 3.63) is 23.8 Å². The van der Waals surface area contributed by atoms with Crippen LogP contribution < -0.4 is 15.4 Å². The smallest absolute Gasteiger partial charge is 0.191 e. The fourth-order valence-corrected chi connectivity index (χ4v) is 2.07. The van der Waals surface area contributed by atoms with Crippen molar-refractivity contribution in [1.29, 1.82) is 0 Å². The van der Waals surface area contributed by atoms with Crippen LogP contribution in [0.1, 0.15) is 26.3 Å². The van der Waals surface area contributed by atoms with Gasteiger partial charge in [-0.05, 0) is 45.1 Å². The summed E-state index contributed by atoms with van der Waals surface area (Å²) in [6.45, 7) is 8.68. The van der Waals surface area contributed by atoms with Crippen molar-refractivity contribution in [1.82, 2.24) is 10.6 Å². The van der Waals surface area contributed by atoms with Gasteiger partial charge in [0.25, 0.3) is 0 Å². The third kappa shape index (κ3) is 7.03. The van der Waals surface area contributed by atoms with E-state index in [4.69, 9.17) is 4.74 Å². The molecule has 0 aliphatic rings. The average Bonchev–Trinajstić information content (AvgIpc) is 2.54. The number of hydrogen-bond acceptors (Lipinski definition) is 4. The second-order valence-corrected chi connectivity index (χ2v) is 7.34. The average molecular weight is 340 g/mol. The number of aromatic hydroxyl groups is 1. The van der Waals surface area contributed by atoms with Gasteiger partial charge in [-0.3, -0.25) is 4.99 Å². The minimum atomic E-state index is 0.122. The van der Waals surface area contributed by atoms with Gasteiger partial charge in [-0.1, -0.05) is 6.07 Å². The maximum absolute atomic E-state index is 9.98. The largest absolute Gasteiger partial charge is 0.508 e. The summed E-state index contributed by atoms with van der Waals surface area (Å²) in [5, 5.41) is 16.5. The SMILES string of the molecule is CCNC(=NCC(C)(C)SC)NCCc1ccc(OC)cc1O. The van der Waals surface area contributed by atoms with Gasteiger partial charge in [-0.2, -0.15) is 11.8 Å². The van der Waals surface area contributed by atoms with Gasteiger partial charge < -0.3 is 20.5 Å². The molecule has 0 atom stereocenters. The van der Waals surface area contributed by atoms with Crippen molar-refractivity contribution in [3.8, 4) is 11.5 Å². The highest BCUT2D eigenvalue weighted by Gasteiger charge is 2.15. The fraction of sp³-hybridized carbons (Fsp3) is 0.588. The molecular weight excluding hydrogens is 310 g/mol. The molecule has 3 N–H and O–H groups in total. The van der Waals surface area contributed by atoms with Crippen LogP contribution in [0.15, 0.2) is 23.2 Å². The summed E-state index contributed by atoms with van der Waals surface area (Å²) in [6.07, 6.45) is 2.81. The summed E-state index contributed by atoms with van der Waals surface area (Å²) < 4.78 is 5.21. The Morgan fingerprint density at radius 1 is 1.35 bits per heavy atom. The van der Waals surface area contributed by atoms with Crippen molar-refractivity contribution < 1.29 is 9.84 Å². The number of thioether (sulfide) groups is 1. The number of ether oxygens (including phenoxy) is 1. The van der Waals surface area contributed by atoms with E-state index in [-0.39, 0.29) is 10.5 Å². The highest BCUT2D eigenvalue weighted by Crippen LogP contribution is 2.23. The maximum atomic E-state index is 9.98. The highest BCUT2D eigenvalue weighted by atomic mass is 32.2. The zero-order valence-corrected chi connectivity index (χ0v) is 15.6. The zero-order valence-electron chi connectivity index (χ0n) is 14.8. The van der Waals surface area contributed by atoms with Crippen LogP contribution in [0.2, 0.25) is 0 Å². The number of nitrogens with one attached hydrogen (secondary N) is 2. The van der Waals surface area contributed by atoms with E-state index in [1.807, 2.05) is 19.1 Å². The van der Waals surface area contributed by atoms with E-state index in [9.17, 15) is 5.11 Å². The van der Waals surface area contributed by atoms with Crippen LogP contribution in [0.25, 0.3) is 0 Å². The van der Waals surface area contributed by atoms with Crippen molar-refractivity contribution in [3.63, 3.8) is 0 Å². The number of nitrogens with zero attached hydrogens (tertiary/aromatic N) is 1. The van der Waals surface area contributed by atoms with Crippen LogP contribution in [0.4, 0.5) is 0 Å². The minimum Gasteiger partial charge on any atom is -0.508 e. The van der Waals surface area contributed by atoms with Crippen LogP contribution in [-0.4, -0.2) is 48.8 Å². The summed E-state index contributed by atoms with van der Waals surface area (Å²) in [6, 6.07) is 5.38. The Balaban J connectivity index is 2.57. The first-order valence-electron chi connectivity index (χ1n) is 7.85. The normalized spacial score (nSPS) is 12.1. The van der Waals surface area contributed by atoms with E-state index in [0.29, 0.717) is 18.7 Å². The van der Waals surface area contributed by atoms with Crippen molar-refractivity contribution in [2.24, 2.45) is 4.99 Å². The van der Waals surface area contributed by atoms with E-state index < -0.39 is 0 Å². The monoisotopic (exact) mass is 339 g/mol. The number of phenolic OH excluding ortho intramolecular Hbond substituents is 1. The van der Waals surface area contributed by atoms with Gasteiger partial charge in [0.1, 0.15) is 11.5 Å². The van der Waals surface area contributed by atoms with Gasteiger partial charge in [0.2, 0.25) is 0 Å². The minimum absolute atomic E-state index is 0.122. The van der Waals surface area contributed by atoms with Gasteiger partial charge in [-0.25, -0.2) is 0 Å². The Morgan fingerprint density at radius 2 is 2.09 bits per heavy atom. The van der Waals surface area contributed by atoms with Crippen LogP contribution >= 0.6 is 11.8 Å². The summed E-state index contributed by atoms with van der Waals surface area (Å²) in [5.41, 5.74) is 0.888. The lowest BCUT2D eigenvalue weighted by Gasteiger charge is -2.20. The van der Waals surface area contributed by atoms with E-state index >= 15 is 0 Å². The predicted octanol–water partition coefficient (Wildman–Crippen LogP) is 2.64. The molecule has 0 saturated carbocycles. The number of methoxy groups -OCH3 is 1. The van der Waals surface area contributed by atoms with E-state index in [2.05, 4.69) is 35.7 Å². The number of aliphatic imine (C=N–C) groups is 1. The lowest BCUT2D eigenvalue weighted by Crippen LogP contribution is -2.39. The van der Waals surface area contributed by atoms with Gasteiger partial charge in [0, 0.05) is 23.9 Å². The molecule has 0 unspecified atom stereocenters. The Labute approximate surface area is 143 Å². The van der Waals surface area contributed by atoms with Gasteiger partial charge in [0.05, 0.1) is 13.7 Å². The number of rotatable bonds is 8. The molecule has 0 aliphatic heterocycles. The molecule has 130 valence electrons. The molecule has 1 rings (SSSR count). The molecule has 0 amide bonds. The summed E-state index contributed by atoms with van der Waals surface area (Å²) >= 11 is 1.81. The molecule has 0 radical (unpaired) electrons. The molecule has 23 heavy (non-hydrogen) atoms. The zero-order chi connectivity index (χ0) is 17.3. The number of hydrogen-bond donors (Lipinski definition) is 3. The molecule has 0 fully saturated rings. The Morgan fingerprint density at radius 3 is 2.65 bits per heavy atom. The summed E-state index contributed by atoms with van der Waals surface area (Å²) in [7, 11) is 1.59. The van der Waals surface area contributed by atoms with E-state index in [1.54, 1.807) is 24.9 Å². The topological polar surface area (TPSA) is 65.9 Å². The van der Waals surface area contributed by atoms with Gasteiger partial charge in [-0.15, -0.1) is 0 Å². The Kier molecular flexibility index (Phi) is 8.09. The van der Waals surface area contributed by atoms with E-state index in [1.165, 1.54) is 0 Å². The molecule has 0 saturated heterocycles. The van der Waals surface area contributed by atoms with E-state index in [0.717, 1.165) is 24.6 Å². The first kappa shape index (κ1) is 19.5. The highest BCUT2D eigenvalue weighted by molar-refractivity contribution is 7.99. The quantitative estimate of drug-likeness (QED) is 0.502. The fourth-order valence-electron chi connectivity index (χ4n) is 1.87. The van der Waals surface area contributed by atoms with Crippen LogP contribution in [0.3, 0.4) is 0 Å². The number of guanidine groups is 1. The third-order valence-electron chi connectivity index (χ3n) is 3.49. The third-order valence-corrected chi connectivity index (χ3v) is 4.73. The molecule has 1 aromatic rings. The molecule has 5 nitrogen and oxygen atoms in total. The lowest BCUT2D eigenvalue weighted by molar-refractivity contribution is 0.406. The van der Waals surface area contributed by atoms with Gasteiger partial charge in [0.15, 0.2) is 5.96 Å². The molecule has 0 aromatic heterocycles. The standard InChI is InChI=1S/C17H29N3O2S/c1-6-18-16(20-12-17(2,3)23-5)19-10-9-13-7-8-14(22-4)11-15(13)21/h7-8,11,21H,6,9-10,12H2,1-5H3,(H2,18,19,20). The Bertz CT molecular complexity index is 519. The van der Waals surface area contributed by atoms with Crippen LogP contribution in [0, 0.1) is 0 Å². The lowest BCUT2D eigenvalue weighted by atomic mass is 10.1. The molecule has 6 heteroatoms. The number of benzene rings is 1. The summed E-state index contributed by atoms with van der Waals surface area (Å²) in [5.74, 6) is 1.73. The Hall–Kier alpha value is -1.56. The summed E-state index contributed by atoms with van der Waals surface area (Å²) in [4.78, 5) is 4.63. The molecule has 0 bridgehead atoms. The second-order valence-electron chi connectivity index (χ2n) is 5.83. The maximum Gasteiger partial charge on any atom is 0.191 e. The number of phenols is 1. The molecule has 1 aromatic carbocycles. The van der Waals surface area contributed by atoms with Crippen LogP contribution in [-0.2, 0) is 6.42 Å². The molecule has 0 heterocycles. The molecule has 0 aliphatic carbocycles. The van der Waals surface area contributed by atoms with Crippen LogP contribution in [0.5, 0.6) is 11.5 Å². The second kappa shape index (κ2) is 9.55. The van der Waals surface area contributed by atoms with Gasteiger partial charge >= 0.3 is 0 Å². The molecular formula is C17H29N3O2S.